The minimum atomic E-state index is -4.06. The van der Waals surface area contributed by atoms with E-state index in [1.165, 1.54) is 0 Å². The van der Waals surface area contributed by atoms with Gasteiger partial charge in [-0.25, -0.2) is 17.5 Å². The van der Waals surface area contributed by atoms with Crippen LogP contribution in [0.4, 0.5) is 10.1 Å². The van der Waals surface area contributed by atoms with E-state index in [0.29, 0.717) is 0 Å². The lowest BCUT2D eigenvalue weighted by Gasteiger charge is -2.29. The van der Waals surface area contributed by atoms with Gasteiger partial charge in [-0.2, -0.15) is 0 Å². The van der Waals surface area contributed by atoms with Crippen LogP contribution in [0.3, 0.4) is 0 Å². The molecule has 19 heavy (non-hydrogen) atoms. The lowest BCUT2D eigenvalue weighted by atomic mass is 10.0. The first-order valence-corrected chi connectivity index (χ1v) is 7.09. The number of hydrogen-bond donors (Lipinski definition) is 4. The molecule has 108 valence electrons. The van der Waals surface area contributed by atoms with Gasteiger partial charge in [0, 0.05) is 0 Å². The van der Waals surface area contributed by atoms with Gasteiger partial charge in [-0.05, 0) is 24.6 Å². The summed E-state index contributed by atoms with van der Waals surface area (Å²) in [5.74, 6) is -0.650. The second kappa shape index (κ2) is 5.83. The molecule has 5 N–H and O–H groups in total. The minimum Gasteiger partial charge on any atom is -0.398 e. The fourth-order valence-corrected chi connectivity index (χ4v) is 3.08. The van der Waals surface area contributed by atoms with E-state index in [2.05, 4.69) is 4.72 Å². The van der Waals surface area contributed by atoms with E-state index in [-0.39, 0.29) is 17.0 Å². The van der Waals surface area contributed by atoms with Crippen LogP contribution in [0.15, 0.2) is 23.1 Å². The number of nitrogens with two attached hydrogens (primary N) is 1. The smallest absolute Gasteiger partial charge is 0.243 e. The van der Waals surface area contributed by atoms with Gasteiger partial charge in [-0.15, -0.1) is 0 Å². The Morgan fingerprint density at radius 3 is 2.37 bits per heavy atom. The molecule has 0 unspecified atom stereocenters. The average Bonchev–Trinajstić information content (AvgIpc) is 2.35. The number of aliphatic hydroxyl groups excluding tert-OH is 2. The van der Waals surface area contributed by atoms with Crippen LogP contribution >= 0.6 is 0 Å². The molecule has 0 aromatic heterocycles. The van der Waals surface area contributed by atoms with E-state index >= 15 is 0 Å². The average molecular weight is 292 g/mol. The Hall–Kier alpha value is -1.22. The number of sulfonamides is 1. The molecule has 0 atom stereocenters. The maximum absolute atomic E-state index is 12.9. The molecule has 0 aliphatic carbocycles. The zero-order valence-corrected chi connectivity index (χ0v) is 11.2. The number of rotatable bonds is 6. The molecule has 0 amide bonds. The zero-order chi connectivity index (χ0) is 14.7. The van der Waals surface area contributed by atoms with Gasteiger partial charge >= 0.3 is 0 Å². The van der Waals surface area contributed by atoms with Gasteiger partial charge in [0.05, 0.1) is 24.4 Å². The number of benzene rings is 1. The minimum absolute atomic E-state index is 0.181. The highest BCUT2D eigenvalue weighted by molar-refractivity contribution is 7.89. The summed E-state index contributed by atoms with van der Waals surface area (Å²) in [5.41, 5.74) is 3.85. The third-order valence-electron chi connectivity index (χ3n) is 2.89. The molecule has 0 aliphatic heterocycles. The second-order valence-corrected chi connectivity index (χ2v) is 5.89. The van der Waals surface area contributed by atoms with Crippen LogP contribution in [-0.4, -0.2) is 37.4 Å². The van der Waals surface area contributed by atoms with Crippen molar-refractivity contribution in [2.45, 2.75) is 23.8 Å². The van der Waals surface area contributed by atoms with Gasteiger partial charge in [0.15, 0.2) is 0 Å². The second-order valence-electron chi connectivity index (χ2n) is 4.24. The molecule has 1 aromatic carbocycles. The summed E-state index contributed by atoms with van der Waals surface area (Å²) in [6.07, 6.45) is 0.181. The molecule has 0 aliphatic rings. The molecule has 8 heteroatoms. The maximum Gasteiger partial charge on any atom is 0.243 e. The van der Waals surface area contributed by atoms with E-state index in [1.807, 2.05) is 0 Å². The summed E-state index contributed by atoms with van der Waals surface area (Å²) < 4.78 is 39.3. The number of aliphatic hydroxyl groups is 2. The molecule has 0 spiro atoms. The van der Waals surface area contributed by atoms with E-state index in [0.717, 1.165) is 18.2 Å². The Morgan fingerprint density at radius 1 is 1.37 bits per heavy atom. The highest BCUT2D eigenvalue weighted by Gasteiger charge is 2.33. The highest BCUT2D eigenvalue weighted by Crippen LogP contribution is 2.21. The Morgan fingerprint density at radius 2 is 1.95 bits per heavy atom. The van der Waals surface area contributed by atoms with Crippen molar-refractivity contribution in [3.8, 4) is 0 Å². The monoisotopic (exact) mass is 292 g/mol. The largest absolute Gasteiger partial charge is 0.398 e. The predicted octanol–water partition coefficient (Wildman–Crippen LogP) is -0.180. The Labute approximate surface area is 111 Å². The van der Waals surface area contributed by atoms with Gasteiger partial charge in [0.25, 0.3) is 0 Å². The van der Waals surface area contributed by atoms with Gasteiger partial charge in [-0.3, -0.25) is 0 Å². The first-order chi connectivity index (χ1) is 8.80. The molecule has 0 radical (unpaired) electrons. The summed E-state index contributed by atoms with van der Waals surface area (Å²) in [6.45, 7) is 0.476. The Kier molecular flexibility index (Phi) is 4.86. The first-order valence-electron chi connectivity index (χ1n) is 5.61. The summed E-state index contributed by atoms with van der Waals surface area (Å²) in [4.78, 5) is -0.298. The van der Waals surface area contributed by atoms with Crippen molar-refractivity contribution in [1.82, 2.24) is 4.72 Å². The van der Waals surface area contributed by atoms with E-state index in [4.69, 9.17) is 5.73 Å². The van der Waals surface area contributed by atoms with Crippen LogP contribution in [0.25, 0.3) is 0 Å². The summed E-state index contributed by atoms with van der Waals surface area (Å²) in [7, 11) is -4.06. The van der Waals surface area contributed by atoms with Crippen molar-refractivity contribution >= 4 is 15.7 Å². The van der Waals surface area contributed by atoms with Crippen molar-refractivity contribution in [2.75, 3.05) is 18.9 Å². The SMILES string of the molecule is CCC(CO)(CO)NS(=O)(=O)c1ccc(F)cc1N. The Balaban J connectivity index is 3.17. The third-order valence-corrected chi connectivity index (χ3v) is 4.55. The van der Waals surface area contributed by atoms with E-state index in [1.54, 1.807) is 6.92 Å². The highest BCUT2D eigenvalue weighted by atomic mass is 32.2. The zero-order valence-electron chi connectivity index (χ0n) is 10.4. The molecule has 0 saturated heterocycles. The van der Waals surface area contributed by atoms with Crippen molar-refractivity contribution in [3.05, 3.63) is 24.0 Å². The Bertz CT molecular complexity index is 535. The molecule has 0 saturated carbocycles. The van der Waals surface area contributed by atoms with E-state index in [9.17, 15) is 23.0 Å². The number of nitrogens with one attached hydrogen (secondary N) is 1. The fourth-order valence-electron chi connectivity index (χ4n) is 1.51. The molecule has 0 heterocycles. The van der Waals surface area contributed by atoms with Gasteiger partial charge in [-0.1, -0.05) is 6.92 Å². The maximum atomic E-state index is 12.9. The molecule has 6 nitrogen and oxygen atoms in total. The van der Waals surface area contributed by atoms with Gasteiger partial charge in [0.1, 0.15) is 10.7 Å². The predicted molar refractivity (Wildman–Crippen MR) is 68.3 cm³/mol. The van der Waals surface area contributed by atoms with Crippen molar-refractivity contribution in [3.63, 3.8) is 0 Å². The van der Waals surface area contributed by atoms with Crippen LogP contribution in [0.1, 0.15) is 13.3 Å². The van der Waals surface area contributed by atoms with Crippen molar-refractivity contribution in [1.29, 1.82) is 0 Å². The lowest BCUT2D eigenvalue weighted by molar-refractivity contribution is 0.105. The summed E-state index contributed by atoms with van der Waals surface area (Å²) >= 11 is 0. The quantitative estimate of drug-likeness (QED) is 0.543. The third kappa shape index (κ3) is 3.41. The van der Waals surface area contributed by atoms with Gasteiger partial charge < -0.3 is 15.9 Å². The standard InChI is InChI=1S/C11H17FN2O4S/c1-2-11(6-15,7-16)14-19(17,18)10-4-3-8(12)5-9(10)13/h3-5,14-16H,2,6-7,13H2,1H3. The lowest BCUT2D eigenvalue weighted by Crippen LogP contribution is -2.53. The normalized spacial score (nSPS) is 12.6. The summed E-state index contributed by atoms with van der Waals surface area (Å²) in [5, 5.41) is 18.4. The number of hydrogen-bond acceptors (Lipinski definition) is 5. The van der Waals surface area contributed by atoms with Crippen molar-refractivity contribution < 1.29 is 23.0 Å². The number of halogens is 1. The first kappa shape index (κ1) is 15.8. The summed E-state index contributed by atoms with van der Waals surface area (Å²) in [6, 6.07) is 2.89. The molecule has 1 rings (SSSR count). The van der Waals surface area contributed by atoms with Gasteiger partial charge in [0.2, 0.25) is 10.0 Å². The molecule has 1 aromatic rings. The molecular weight excluding hydrogens is 275 g/mol. The molecular formula is C11H17FN2O4S. The van der Waals surface area contributed by atoms with Crippen LogP contribution in [-0.2, 0) is 10.0 Å². The topological polar surface area (TPSA) is 113 Å². The number of nitrogen functional groups attached to an aromatic ring is 1. The van der Waals surface area contributed by atoms with Crippen LogP contribution in [0.5, 0.6) is 0 Å². The van der Waals surface area contributed by atoms with Crippen molar-refractivity contribution in [2.24, 2.45) is 0 Å². The number of anilines is 1. The van der Waals surface area contributed by atoms with Crippen LogP contribution in [0.2, 0.25) is 0 Å². The molecule has 0 fully saturated rings. The molecule has 0 bridgehead atoms. The van der Waals surface area contributed by atoms with Crippen LogP contribution in [0, 0.1) is 5.82 Å². The van der Waals surface area contributed by atoms with E-state index < -0.39 is 34.6 Å². The fraction of sp³-hybridized carbons (Fsp3) is 0.455. The van der Waals surface area contributed by atoms with Crippen LogP contribution < -0.4 is 10.5 Å².